The van der Waals surface area contributed by atoms with Crippen molar-refractivity contribution in [1.82, 2.24) is 9.97 Å². The molecule has 5 heteroatoms. The number of nitrogens with zero attached hydrogens (tertiary/aromatic N) is 2. The van der Waals surface area contributed by atoms with E-state index in [1.807, 2.05) is 31.2 Å². The number of aromatic nitrogens is 2. The molecule has 1 heterocycles. The van der Waals surface area contributed by atoms with Crippen LogP contribution in [-0.4, -0.2) is 17.1 Å². The Bertz CT molecular complexity index is 896. The van der Waals surface area contributed by atoms with Crippen molar-refractivity contribution in [2.45, 2.75) is 32.7 Å². The standard InChI is InChI=1S/C22H26N4O/c1-4-8-19(16-9-6-5-7-10-16)25-21-14-24-15(2)22(26-21)17-11-12-18(23)20(13-17)27-3/h5-7,9-14,19H,4,8,23H2,1-3H3,(H,25,26). The van der Waals surface area contributed by atoms with Crippen LogP contribution in [0.4, 0.5) is 11.5 Å². The zero-order valence-corrected chi connectivity index (χ0v) is 16.1. The molecule has 0 amide bonds. The van der Waals surface area contributed by atoms with E-state index in [-0.39, 0.29) is 6.04 Å². The maximum atomic E-state index is 5.94. The molecule has 0 fully saturated rings. The maximum Gasteiger partial charge on any atom is 0.145 e. The number of nitrogen functional groups attached to an aromatic ring is 1. The average molecular weight is 362 g/mol. The van der Waals surface area contributed by atoms with Crippen molar-refractivity contribution in [2.75, 3.05) is 18.2 Å². The van der Waals surface area contributed by atoms with Crippen molar-refractivity contribution in [3.8, 4) is 17.0 Å². The predicted octanol–water partition coefficient (Wildman–Crippen LogP) is 5.00. The molecule has 0 saturated carbocycles. The molecule has 0 spiro atoms. The van der Waals surface area contributed by atoms with Crippen LogP contribution in [0.25, 0.3) is 11.3 Å². The number of rotatable bonds is 7. The van der Waals surface area contributed by atoms with Crippen LogP contribution in [0.5, 0.6) is 5.75 Å². The largest absolute Gasteiger partial charge is 0.495 e. The van der Waals surface area contributed by atoms with E-state index in [1.54, 1.807) is 13.3 Å². The summed E-state index contributed by atoms with van der Waals surface area (Å²) in [5.41, 5.74) is 10.4. The second-order valence-electron chi connectivity index (χ2n) is 6.54. The summed E-state index contributed by atoms with van der Waals surface area (Å²) in [7, 11) is 1.61. The normalized spacial score (nSPS) is 11.8. The van der Waals surface area contributed by atoms with Gasteiger partial charge in [-0.3, -0.25) is 4.98 Å². The Labute approximate surface area is 160 Å². The van der Waals surface area contributed by atoms with Gasteiger partial charge in [0.25, 0.3) is 0 Å². The van der Waals surface area contributed by atoms with E-state index in [2.05, 4.69) is 41.5 Å². The van der Waals surface area contributed by atoms with Crippen molar-refractivity contribution in [2.24, 2.45) is 0 Å². The summed E-state index contributed by atoms with van der Waals surface area (Å²) in [6, 6.07) is 16.3. The van der Waals surface area contributed by atoms with Crippen LogP contribution in [0.2, 0.25) is 0 Å². The van der Waals surface area contributed by atoms with Gasteiger partial charge in [-0.05, 0) is 31.0 Å². The number of nitrogens with two attached hydrogens (primary N) is 1. The molecule has 0 aliphatic carbocycles. The monoisotopic (exact) mass is 362 g/mol. The van der Waals surface area contributed by atoms with Gasteiger partial charge >= 0.3 is 0 Å². The predicted molar refractivity (Wildman–Crippen MR) is 111 cm³/mol. The minimum Gasteiger partial charge on any atom is -0.495 e. The van der Waals surface area contributed by atoms with E-state index in [0.29, 0.717) is 11.4 Å². The molecule has 3 N–H and O–H groups in total. The molecular formula is C22H26N4O. The fraction of sp³-hybridized carbons (Fsp3) is 0.273. The molecule has 0 aliphatic rings. The number of aryl methyl sites for hydroxylation is 1. The first-order valence-corrected chi connectivity index (χ1v) is 9.21. The fourth-order valence-electron chi connectivity index (χ4n) is 3.13. The molecule has 1 atom stereocenters. The smallest absolute Gasteiger partial charge is 0.145 e. The summed E-state index contributed by atoms with van der Waals surface area (Å²) in [4.78, 5) is 9.37. The third-order valence-corrected chi connectivity index (χ3v) is 4.56. The van der Waals surface area contributed by atoms with E-state index in [1.165, 1.54) is 5.56 Å². The van der Waals surface area contributed by atoms with Gasteiger partial charge in [0.15, 0.2) is 0 Å². The van der Waals surface area contributed by atoms with Crippen LogP contribution in [0.3, 0.4) is 0 Å². The summed E-state index contributed by atoms with van der Waals surface area (Å²) < 4.78 is 5.34. The van der Waals surface area contributed by atoms with Gasteiger partial charge in [-0.25, -0.2) is 4.98 Å². The molecule has 27 heavy (non-hydrogen) atoms. The summed E-state index contributed by atoms with van der Waals surface area (Å²) in [5.74, 6) is 1.40. The molecule has 0 bridgehead atoms. The van der Waals surface area contributed by atoms with Gasteiger partial charge in [0.05, 0.1) is 36.4 Å². The van der Waals surface area contributed by atoms with Crippen LogP contribution in [0.1, 0.15) is 37.1 Å². The van der Waals surface area contributed by atoms with Gasteiger partial charge in [0.2, 0.25) is 0 Å². The Morgan fingerprint density at radius 3 is 2.63 bits per heavy atom. The van der Waals surface area contributed by atoms with Crippen LogP contribution < -0.4 is 15.8 Å². The highest BCUT2D eigenvalue weighted by atomic mass is 16.5. The van der Waals surface area contributed by atoms with Crippen LogP contribution in [0, 0.1) is 6.92 Å². The lowest BCUT2D eigenvalue weighted by molar-refractivity contribution is 0.417. The van der Waals surface area contributed by atoms with Crippen LogP contribution >= 0.6 is 0 Å². The highest BCUT2D eigenvalue weighted by Crippen LogP contribution is 2.30. The number of benzene rings is 2. The quantitative estimate of drug-likeness (QED) is 0.579. The SMILES string of the molecule is CCCC(Nc1cnc(C)c(-c2ccc(N)c(OC)c2)n1)c1ccccc1. The second-order valence-corrected chi connectivity index (χ2v) is 6.54. The summed E-state index contributed by atoms with van der Waals surface area (Å²) in [6.45, 7) is 4.14. The summed E-state index contributed by atoms with van der Waals surface area (Å²) in [6.07, 6.45) is 3.89. The Hall–Kier alpha value is -3.08. The highest BCUT2D eigenvalue weighted by Gasteiger charge is 2.14. The molecular weight excluding hydrogens is 336 g/mol. The minimum absolute atomic E-state index is 0.196. The third-order valence-electron chi connectivity index (χ3n) is 4.56. The van der Waals surface area contributed by atoms with E-state index >= 15 is 0 Å². The Morgan fingerprint density at radius 2 is 1.93 bits per heavy atom. The van der Waals surface area contributed by atoms with E-state index in [9.17, 15) is 0 Å². The minimum atomic E-state index is 0.196. The third kappa shape index (κ3) is 4.37. The topological polar surface area (TPSA) is 73.1 Å². The molecule has 140 valence electrons. The van der Waals surface area contributed by atoms with Crippen molar-refractivity contribution < 1.29 is 4.74 Å². The average Bonchev–Trinajstić information content (AvgIpc) is 2.70. The fourth-order valence-corrected chi connectivity index (χ4v) is 3.13. The first kappa shape index (κ1) is 18.7. The van der Waals surface area contributed by atoms with E-state index in [0.717, 1.165) is 35.6 Å². The maximum absolute atomic E-state index is 5.94. The number of hydrogen-bond donors (Lipinski definition) is 2. The Kier molecular flexibility index (Phi) is 5.91. The first-order valence-electron chi connectivity index (χ1n) is 9.21. The number of nitrogens with one attached hydrogen (secondary N) is 1. The van der Waals surface area contributed by atoms with Crippen molar-refractivity contribution in [1.29, 1.82) is 0 Å². The molecule has 1 aromatic heterocycles. The zero-order chi connectivity index (χ0) is 19.2. The first-order chi connectivity index (χ1) is 13.1. The summed E-state index contributed by atoms with van der Waals surface area (Å²) in [5, 5.41) is 3.54. The lowest BCUT2D eigenvalue weighted by atomic mass is 10.0. The van der Waals surface area contributed by atoms with E-state index < -0.39 is 0 Å². The van der Waals surface area contributed by atoms with Gasteiger partial charge in [-0.1, -0.05) is 49.7 Å². The molecule has 0 radical (unpaired) electrons. The molecule has 0 aliphatic heterocycles. The molecule has 3 rings (SSSR count). The molecule has 1 unspecified atom stereocenters. The van der Waals surface area contributed by atoms with Gasteiger partial charge in [0.1, 0.15) is 11.6 Å². The number of hydrogen-bond acceptors (Lipinski definition) is 5. The Balaban J connectivity index is 1.93. The van der Waals surface area contributed by atoms with Gasteiger partial charge in [-0.15, -0.1) is 0 Å². The van der Waals surface area contributed by atoms with Crippen molar-refractivity contribution >= 4 is 11.5 Å². The van der Waals surface area contributed by atoms with Crippen LogP contribution in [0.15, 0.2) is 54.7 Å². The second kappa shape index (κ2) is 8.54. The molecule has 3 aromatic rings. The molecule has 2 aromatic carbocycles. The Morgan fingerprint density at radius 1 is 1.15 bits per heavy atom. The number of methoxy groups -OCH3 is 1. The van der Waals surface area contributed by atoms with Crippen molar-refractivity contribution in [3.05, 3.63) is 66.0 Å². The molecule has 0 saturated heterocycles. The van der Waals surface area contributed by atoms with Gasteiger partial charge in [0, 0.05) is 5.56 Å². The number of ether oxygens (including phenoxy) is 1. The van der Waals surface area contributed by atoms with Gasteiger partial charge in [-0.2, -0.15) is 0 Å². The zero-order valence-electron chi connectivity index (χ0n) is 16.1. The highest BCUT2D eigenvalue weighted by molar-refractivity contribution is 5.69. The van der Waals surface area contributed by atoms with E-state index in [4.69, 9.17) is 15.5 Å². The molecule has 5 nitrogen and oxygen atoms in total. The van der Waals surface area contributed by atoms with Crippen molar-refractivity contribution in [3.63, 3.8) is 0 Å². The lowest BCUT2D eigenvalue weighted by Gasteiger charge is -2.20. The number of anilines is 2. The lowest BCUT2D eigenvalue weighted by Crippen LogP contribution is -2.12. The summed E-state index contributed by atoms with van der Waals surface area (Å²) >= 11 is 0. The van der Waals surface area contributed by atoms with Gasteiger partial charge < -0.3 is 15.8 Å². The van der Waals surface area contributed by atoms with Crippen LogP contribution in [-0.2, 0) is 0 Å².